The Labute approximate surface area is 164 Å². The number of benzene rings is 1. The van der Waals surface area contributed by atoms with Crippen LogP contribution in [-0.4, -0.2) is 29.9 Å². The standard InChI is InChI=1S/C24H32N2O.H2/c1-2-22(27)25-20-14-23(18-6-4-3-5-17(18)20)9-11-26(12-10-23)21-15-24-13-16(24)7-8-19(21)24;/h3-6,16,19-21H,2,7-15H2,1H3,(H,25,27);1H/t16-,19+,20+,21-,24?;/m1./s1. The monoisotopic (exact) mass is 366 g/mol. The highest BCUT2D eigenvalue weighted by molar-refractivity contribution is 5.76. The summed E-state index contributed by atoms with van der Waals surface area (Å²) in [5.74, 6) is 2.33. The van der Waals surface area contributed by atoms with Crippen molar-refractivity contribution in [1.82, 2.24) is 10.2 Å². The van der Waals surface area contributed by atoms with Gasteiger partial charge in [-0.2, -0.15) is 0 Å². The molecule has 1 amide bonds. The van der Waals surface area contributed by atoms with Crippen LogP contribution in [0.1, 0.15) is 76.9 Å². The molecule has 146 valence electrons. The zero-order valence-electron chi connectivity index (χ0n) is 16.5. The molecule has 4 aliphatic carbocycles. The minimum atomic E-state index is 0. The van der Waals surface area contributed by atoms with E-state index >= 15 is 0 Å². The average Bonchev–Trinajstić information content (AvgIpc) is 3.27. The largest absolute Gasteiger partial charge is 0.349 e. The molecule has 3 nitrogen and oxygen atoms in total. The minimum absolute atomic E-state index is 0. The average molecular weight is 367 g/mol. The van der Waals surface area contributed by atoms with E-state index in [0.717, 1.165) is 29.7 Å². The van der Waals surface area contributed by atoms with Crippen molar-refractivity contribution in [3.05, 3.63) is 35.4 Å². The fraction of sp³-hybridized carbons (Fsp3) is 0.708. The number of rotatable bonds is 3. The van der Waals surface area contributed by atoms with Crippen molar-refractivity contribution in [3.63, 3.8) is 0 Å². The van der Waals surface area contributed by atoms with Crippen molar-refractivity contribution in [3.8, 4) is 0 Å². The first-order chi connectivity index (χ1) is 13.2. The van der Waals surface area contributed by atoms with E-state index in [9.17, 15) is 4.79 Å². The fourth-order valence-electron chi connectivity index (χ4n) is 7.72. The van der Waals surface area contributed by atoms with Crippen molar-refractivity contribution < 1.29 is 6.22 Å². The van der Waals surface area contributed by atoms with Crippen LogP contribution < -0.4 is 5.32 Å². The molecule has 2 spiro atoms. The molecule has 1 aromatic carbocycles. The predicted molar refractivity (Wildman–Crippen MR) is 109 cm³/mol. The zero-order chi connectivity index (χ0) is 18.2. The quantitative estimate of drug-likeness (QED) is 0.858. The van der Waals surface area contributed by atoms with Gasteiger partial charge < -0.3 is 10.2 Å². The van der Waals surface area contributed by atoms with Gasteiger partial charge in [-0.1, -0.05) is 31.2 Å². The van der Waals surface area contributed by atoms with Gasteiger partial charge in [-0.05, 0) is 86.4 Å². The van der Waals surface area contributed by atoms with E-state index in [-0.39, 0.29) is 18.8 Å². The van der Waals surface area contributed by atoms with Gasteiger partial charge in [0.15, 0.2) is 0 Å². The molecule has 5 aliphatic rings. The Bertz CT molecular complexity index is 785. The lowest BCUT2D eigenvalue weighted by Crippen LogP contribution is -2.56. The summed E-state index contributed by atoms with van der Waals surface area (Å²) in [7, 11) is 0. The first-order valence-corrected chi connectivity index (χ1v) is 11.3. The van der Waals surface area contributed by atoms with Crippen LogP contribution in [0.2, 0.25) is 0 Å². The molecule has 5 atom stereocenters. The number of fused-ring (bicyclic) bond motifs is 2. The summed E-state index contributed by atoms with van der Waals surface area (Å²) in [5, 5.41) is 3.30. The second-order valence-electron chi connectivity index (χ2n) is 10.2. The number of piperidine rings is 1. The number of likely N-dealkylation sites (tertiary alicyclic amines) is 1. The third-order valence-electron chi connectivity index (χ3n) is 9.28. The van der Waals surface area contributed by atoms with E-state index in [4.69, 9.17) is 0 Å². The van der Waals surface area contributed by atoms with Crippen LogP contribution in [0.15, 0.2) is 24.3 Å². The highest BCUT2D eigenvalue weighted by atomic mass is 16.1. The summed E-state index contributed by atoms with van der Waals surface area (Å²) in [6, 6.07) is 10.0. The summed E-state index contributed by atoms with van der Waals surface area (Å²) < 4.78 is 0. The summed E-state index contributed by atoms with van der Waals surface area (Å²) in [6.07, 6.45) is 10.3. The van der Waals surface area contributed by atoms with E-state index in [1.807, 2.05) is 6.92 Å². The Morgan fingerprint density at radius 3 is 2.74 bits per heavy atom. The molecule has 1 aliphatic heterocycles. The zero-order valence-corrected chi connectivity index (χ0v) is 16.5. The molecular formula is C24H34N2O. The van der Waals surface area contributed by atoms with Crippen LogP contribution >= 0.6 is 0 Å². The Balaban J connectivity index is 0.00000171. The Kier molecular flexibility index (Phi) is 3.44. The molecule has 4 fully saturated rings. The molecule has 1 aromatic rings. The number of nitrogens with one attached hydrogen (secondary N) is 1. The van der Waals surface area contributed by atoms with E-state index < -0.39 is 0 Å². The lowest BCUT2D eigenvalue weighted by Gasteiger charge is -2.53. The maximum absolute atomic E-state index is 12.1. The van der Waals surface area contributed by atoms with Gasteiger partial charge in [-0.3, -0.25) is 4.79 Å². The first kappa shape index (κ1) is 16.6. The van der Waals surface area contributed by atoms with E-state index in [2.05, 4.69) is 34.5 Å². The fourth-order valence-corrected chi connectivity index (χ4v) is 7.72. The van der Waals surface area contributed by atoms with Gasteiger partial charge in [-0.25, -0.2) is 0 Å². The Morgan fingerprint density at radius 1 is 1.19 bits per heavy atom. The molecule has 3 heteroatoms. The molecular weight excluding hydrogens is 332 g/mol. The molecule has 3 saturated carbocycles. The number of carbonyl (C=O) groups is 1. The van der Waals surface area contributed by atoms with Gasteiger partial charge in [0.1, 0.15) is 0 Å². The molecule has 6 rings (SSSR count). The normalized spacial score (nSPS) is 40.8. The summed E-state index contributed by atoms with van der Waals surface area (Å²) >= 11 is 0. The molecule has 0 radical (unpaired) electrons. The minimum Gasteiger partial charge on any atom is -0.349 e. The molecule has 0 bridgehead atoms. The van der Waals surface area contributed by atoms with Crippen LogP contribution in [0.3, 0.4) is 0 Å². The second kappa shape index (κ2) is 5.59. The highest BCUT2D eigenvalue weighted by Crippen LogP contribution is 2.76. The van der Waals surface area contributed by atoms with Crippen molar-refractivity contribution in [2.75, 3.05) is 13.1 Å². The van der Waals surface area contributed by atoms with Gasteiger partial charge in [-0.15, -0.1) is 0 Å². The number of hydrogen-bond acceptors (Lipinski definition) is 2. The predicted octanol–water partition coefficient (Wildman–Crippen LogP) is 4.43. The van der Waals surface area contributed by atoms with Gasteiger partial charge in [0.05, 0.1) is 6.04 Å². The van der Waals surface area contributed by atoms with Crippen LogP contribution in [0.25, 0.3) is 0 Å². The molecule has 1 heterocycles. The molecule has 1 saturated heterocycles. The Hall–Kier alpha value is -1.35. The van der Waals surface area contributed by atoms with Crippen molar-refractivity contribution >= 4 is 5.91 Å². The first-order valence-electron chi connectivity index (χ1n) is 11.3. The van der Waals surface area contributed by atoms with E-state index in [1.54, 1.807) is 6.42 Å². The van der Waals surface area contributed by atoms with Crippen molar-refractivity contribution in [1.29, 1.82) is 0 Å². The summed E-state index contributed by atoms with van der Waals surface area (Å²) in [4.78, 5) is 14.9. The van der Waals surface area contributed by atoms with Crippen LogP contribution in [0, 0.1) is 17.3 Å². The SMILES string of the molecule is CCC(=O)N[C@H]1CC2(CCN([C@@H]3CC45C[C@H]4CC[C@@H]35)CC2)c2ccccc21.[HH]. The summed E-state index contributed by atoms with van der Waals surface area (Å²) in [6.45, 7) is 4.46. The number of nitrogens with zero attached hydrogens (tertiary/aromatic N) is 1. The van der Waals surface area contributed by atoms with Gasteiger partial charge in [0.25, 0.3) is 0 Å². The highest BCUT2D eigenvalue weighted by Gasteiger charge is 2.71. The third kappa shape index (κ3) is 2.21. The number of hydrogen-bond donors (Lipinski definition) is 1. The number of amides is 1. The molecule has 0 aromatic heterocycles. The molecule has 1 unspecified atom stereocenters. The topological polar surface area (TPSA) is 32.3 Å². The smallest absolute Gasteiger partial charge is 0.220 e. The van der Waals surface area contributed by atoms with Crippen LogP contribution in [0.5, 0.6) is 0 Å². The molecule has 1 N–H and O–H groups in total. The van der Waals surface area contributed by atoms with E-state index in [0.29, 0.717) is 6.42 Å². The Morgan fingerprint density at radius 2 is 2.00 bits per heavy atom. The van der Waals surface area contributed by atoms with Gasteiger partial charge >= 0.3 is 0 Å². The summed E-state index contributed by atoms with van der Waals surface area (Å²) in [5.41, 5.74) is 4.03. The molecule has 27 heavy (non-hydrogen) atoms. The third-order valence-corrected chi connectivity index (χ3v) is 9.28. The van der Waals surface area contributed by atoms with Gasteiger partial charge in [0, 0.05) is 19.3 Å². The second-order valence-corrected chi connectivity index (χ2v) is 10.2. The van der Waals surface area contributed by atoms with Gasteiger partial charge in [0.2, 0.25) is 5.91 Å². The van der Waals surface area contributed by atoms with E-state index in [1.165, 1.54) is 56.3 Å². The van der Waals surface area contributed by atoms with Crippen LogP contribution in [-0.2, 0) is 10.2 Å². The maximum Gasteiger partial charge on any atom is 0.220 e. The van der Waals surface area contributed by atoms with Crippen molar-refractivity contribution in [2.45, 2.75) is 75.8 Å². The lowest BCUT2D eigenvalue weighted by atomic mass is 9.65. The maximum atomic E-state index is 12.1. The van der Waals surface area contributed by atoms with Crippen LogP contribution in [0.4, 0.5) is 0 Å². The lowest BCUT2D eigenvalue weighted by molar-refractivity contribution is -0.121. The number of carbonyl (C=O) groups excluding carboxylic acids is 1. The van der Waals surface area contributed by atoms with Crippen molar-refractivity contribution in [2.24, 2.45) is 17.3 Å².